The van der Waals surface area contributed by atoms with Crippen LogP contribution in [-0.4, -0.2) is 26.3 Å². The molecule has 2 nitrogen and oxygen atoms in total. The van der Waals surface area contributed by atoms with Gasteiger partial charge in [-0.3, -0.25) is 0 Å². The number of thiophene rings is 1. The molecule has 3 rings (SSSR count). The second-order valence-electron chi connectivity index (χ2n) is 4.07. The van der Waals surface area contributed by atoms with E-state index in [0.717, 1.165) is 26.3 Å². The number of ether oxygens (including phenoxy) is 1. The van der Waals surface area contributed by atoms with E-state index in [4.69, 9.17) is 4.74 Å². The summed E-state index contributed by atoms with van der Waals surface area (Å²) in [6, 6.07) is 10.5. The van der Waals surface area contributed by atoms with Gasteiger partial charge in [-0.25, -0.2) is 0 Å². The Labute approximate surface area is 105 Å². The zero-order valence-corrected chi connectivity index (χ0v) is 10.4. The Morgan fingerprint density at radius 1 is 1.12 bits per heavy atom. The molecule has 0 amide bonds. The van der Waals surface area contributed by atoms with Crippen molar-refractivity contribution in [2.45, 2.75) is 0 Å². The molecule has 2 aromatic rings. The molecule has 1 radical (unpaired) electrons. The number of anilines is 1. The van der Waals surface area contributed by atoms with Crippen molar-refractivity contribution < 1.29 is 4.74 Å². The maximum absolute atomic E-state index is 5.39. The Balaban J connectivity index is 1.93. The van der Waals surface area contributed by atoms with Gasteiger partial charge >= 0.3 is 0 Å². The summed E-state index contributed by atoms with van der Waals surface area (Å²) in [5.41, 5.74) is 3.79. The monoisotopic (exact) mass is 244 g/mol. The van der Waals surface area contributed by atoms with Crippen molar-refractivity contribution in [2.24, 2.45) is 0 Å². The summed E-state index contributed by atoms with van der Waals surface area (Å²) < 4.78 is 5.39. The summed E-state index contributed by atoms with van der Waals surface area (Å²) in [6.45, 7) is 3.57. The van der Waals surface area contributed by atoms with Crippen LogP contribution in [0.25, 0.3) is 11.1 Å². The van der Waals surface area contributed by atoms with Crippen LogP contribution in [0.3, 0.4) is 0 Å². The Bertz CT molecular complexity index is 474. The number of rotatable bonds is 2. The van der Waals surface area contributed by atoms with E-state index in [1.165, 1.54) is 16.8 Å². The summed E-state index contributed by atoms with van der Waals surface area (Å²) in [6.07, 6.45) is 0. The second kappa shape index (κ2) is 4.90. The van der Waals surface area contributed by atoms with Crippen LogP contribution in [0.2, 0.25) is 0 Å². The summed E-state index contributed by atoms with van der Waals surface area (Å²) in [4.78, 5) is 2.36. The van der Waals surface area contributed by atoms with Gasteiger partial charge in [0.25, 0.3) is 0 Å². The largest absolute Gasteiger partial charge is 0.378 e. The van der Waals surface area contributed by atoms with E-state index in [1.54, 1.807) is 11.3 Å². The van der Waals surface area contributed by atoms with E-state index in [-0.39, 0.29) is 0 Å². The van der Waals surface area contributed by atoms with E-state index < -0.39 is 0 Å². The average Bonchev–Trinajstić information content (AvgIpc) is 2.90. The van der Waals surface area contributed by atoms with Crippen molar-refractivity contribution in [3.05, 3.63) is 41.1 Å². The molecule has 1 aromatic heterocycles. The van der Waals surface area contributed by atoms with Gasteiger partial charge in [-0.1, -0.05) is 30.3 Å². The minimum Gasteiger partial charge on any atom is -0.378 e. The van der Waals surface area contributed by atoms with E-state index in [0.29, 0.717) is 0 Å². The molecule has 0 bridgehead atoms. The lowest BCUT2D eigenvalue weighted by molar-refractivity contribution is 0.123. The summed E-state index contributed by atoms with van der Waals surface area (Å²) in [5, 5.41) is 5.57. The number of morpholine rings is 1. The highest BCUT2D eigenvalue weighted by molar-refractivity contribution is 7.08. The summed E-state index contributed by atoms with van der Waals surface area (Å²) in [7, 11) is 0. The molecular formula is C14H14NOS. The first-order valence-corrected chi connectivity index (χ1v) is 6.70. The summed E-state index contributed by atoms with van der Waals surface area (Å²) >= 11 is 1.65. The molecule has 0 saturated carbocycles. The first-order chi connectivity index (χ1) is 8.45. The minimum absolute atomic E-state index is 0.817. The fourth-order valence-electron chi connectivity index (χ4n) is 2.10. The van der Waals surface area contributed by atoms with Crippen molar-refractivity contribution in [2.75, 3.05) is 31.2 Å². The van der Waals surface area contributed by atoms with Crippen LogP contribution >= 0.6 is 11.3 Å². The molecule has 87 valence electrons. The smallest absolute Gasteiger partial charge is 0.0704 e. The molecule has 1 fully saturated rings. The molecule has 1 aliphatic heterocycles. The number of benzene rings is 1. The fourth-order valence-corrected chi connectivity index (χ4v) is 2.87. The van der Waals surface area contributed by atoms with E-state index in [1.807, 2.05) is 6.07 Å². The van der Waals surface area contributed by atoms with Crippen LogP contribution < -0.4 is 4.90 Å². The lowest BCUT2D eigenvalue weighted by Gasteiger charge is -2.28. The minimum atomic E-state index is 0.817. The number of nitrogens with zero attached hydrogens (tertiary/aromatic N) is 1. The van der Waals surface area contributed by atoms with E-state index >= 15 is 0 Å². The third-order valence-electron chi connectivity index (χ3n) is 3.00. The van der Waals surface area contributed by atoms with Crippen molar-refractivity contribution >= 4 is 17.0 Å². The third-order valence-corrected chi connectivity index (χ3v) is 3.66. The van der Waals surface area contributed by atoms with Gasteiger partial charge in [-0.05, 0) is 5.56 Å². The lowest BCUT2D eigenvalue weighted by Crippen LogP contribution is -2.36. The van der Waals surface area contributed by atoms with Crippen molar-refractivity contribution in [1.29, 1.82) is 0 Å². The highest BCUT2D eigenvalue weighted by Crippen LogP contribution is 2.34. The maximum Gasteiger partial charge on any atom is 0.0704 e. The lowest BCUT2D eigenvalue weighted by atomic mass is 10.1. The van der Waals surface area contributed by atoms with E-state index in [2.05, 4.69) is 39.9 Å². The van der Waals surface area contributed by atoms with Gasteiger partial charge in [-0.15, -0.1) is 11.3 Å². The van der Waals surface area contributed by atoms with E-state index in [9.17, 15) is 0 Å². The molecule has 1 aromatic carbocycles. The molecule has 0 aliphatic carbocycles. The highest BCUT2D eigenvalue weighted by atomic mass is 32.1. The quantitative estimate of drug-likeness (QED) is 0.805. The van der Waals surface area contributed by atoms with Crippen LogP contribution in [0.1, 0.15) is 0 Å². The van der Waals surface area contributed by atoms with Crippen LogP contribution in [0.4, 0.5) is 5.69 Å². The predicted molar refractivity (Wildman–Crippen MR) is 71.6 cm³/mol. The zero-order valence-electron chi connectivity index (χ0n) is 9.56. The molecule has 0 unspecified atom stereocenters. The third kappa shape index (κ3) is 2.21. The van der Waals surface area contributed by atoms with Crippen LogP contribution in [0, 0.1) is 5.38 Å². The predicted octanol–water partition coefficient (Wildman–Crippen LogP) is 3.05. The normalized spacial score (nSPS) is 16.1. The molecule has 3 heteroatoms. The molecule has 1 aliphatic rings. The number of hydrogen-bond donors (Lipinski definition) is 0. The maximum atomic E-state index is 5.39. The van der Waals surface area contributed by atoms with Crippen molar-refractivity contribution in [3.63, 3.8) is 0 Å². The topological polar surface area (TPSA) is 12.5 Å². The Kier molecular flexibility index (Phi) is 3.12. The molecule has 1 saturated heterocycles. The molecule has 0 spiro atoms. The van der Waals surface area contributed by atoms with Gasteiger partial charge in [-0.2, -0.15) is 0 Å². The van der Waals surface area contributed by atoms with Gasteiger partial charge in [0, 0.05) is 24.0 Å². The number of hydrogen-bond acceptors (Lipinski definition) is 3. The van der Waals surface area contributed by atoms with Gasteiger partial charge in [0.1, 0.15) is 0 Å². The standard InChI is InChI=1S/C14H14NOS/c1-2-4-12(5-3-1)13-10-17-11-14(13)15-6-8-16-9-7-15/h1-5,10H,6-9H2. The molecule has 17 heavy (non-hydrogen) atoms. The molecular weight excluding hydrogens is 230 g/mol. The van der Waals surface area contributed by atoms with Gasteiger partial charge < -0.3 is 9.64 Å². The second-order valence-corrected chi connectivity index (χ2v) is 4.74. The van der Waals surface area contributed by atoms with Gasteiger partial charge in [0.2, 0.25) is 0 Å². The molecule has 0 N–H and O–H groups in total. The highest BCUT2D eigenvalue weighted by Gasteiger charge is 2.16. The molecule has 0 atom stereocenters. The van der Waals surface area contributed by atoms with Crippen molar-refractivity contribution in [1.82, 2.24) is 0 Å². The molecule has 2 heterocycles. The SMILES string of the molecule is [c]1scc(-c2ccccc2)c1N1CCOCC1. The Morgan fingerprint density at radius 3 is 2.65 bits per heavy atom. The van der Waals surface area contributed by atoms with Crippen LogP contribution in [0.5, 0.6) is 0 Å². The first kappa shape index (κ1) is 10.8. The van der Waals surface area contributed by atoms with Crippen LogP contribution in [-0.2, 0) is 4.74 Å². The Hall–Kier alpha value is -1.32. The van der Waals surface area contributed by atoms with Crippen molar-refractivity contribution in [3.8, 4) is 11.1 Å². The average molecular weight is 244 g/mol. The zero-order chi connectivity index (χ0) is 11.5. The van der Waals surface area contributed by atoms with Gasteiger partial charge in [0.15, 0.2) is 0 Å². The van der Waals surface area contributed by atoms with Crippen LogP contribution in [0.15, 0.2) is 35.7 Å². The first-order valence-electron chi connectivity index (χ1n) is 5.82. The Morgan fingerprint density at radius 2 is 1.88 bits per heavy atom. The fraction of sp³-hybridized carbons (Fsp3) is 0.286. The summed E-state index contributed by atoms with van der Waals surface area (Å²) in [5.74, 6) is 0. The van der Waals surface area contributed by atoms with Gasteiger partial charge in [0.05, 0.1) is 24.3 Å².